The molecule has 1 aliphatic carbocycles. The van der Waals surface area contributed by atoms with Crippen LogP contribution < -0.4 is 10.6 Å². The van der Waals surface area contributed by atoms with Gasteiger partial charge in [0.25, 0.3) is 0 Å². The summed E-state index contributed by atoms with van der Waals surface area (Å²) in [5.74, 6) is 1.88. The molecule has 1 aliphatic rings. The molecule has 0 saturated carbocycles. The number of fused-ring (bicyclic) bond motifs is 6. The van der Waals surface area contributed by atoms with Crippen molar-refractivity contribution in [3.05, 3.63) is 228 Å². The summed E-state index contributed by atoms with van der Waals surface area (Å²) >= 11 is 0. The number of rotatable bonds is 7. The van der Waals surface area contributed by atoms with E-state index in [1.807, 2.05) is 36.4 Å². The molecule has 3 heterocycles. The molecule has 8 aromatic carbocycles. The van der Waals surface area contributed by atoms with Crippen LogP contribution in [0.25, 0.3) is 95.4 Å². The molecule has 0 N–H and O–H groups in total. The van der Waals surface area contributed by atoms with E-state index >= 15 is 0 Å². The summed E-state index contributed by atoms with van der Waals surface area (Å²) in [7, 11) is 0. The number of furan rings is 1. The molecule has 12 rings (SSSR count). The van der Waals surface area contributed by atoms with Gasteiger partial charge >= 0.3 is 0 Å². The van der Waals surface area contributed by atoms with Gasteiger partial charge in [0, 0.05) is 60.8 Å². The number of hydrogen-bond acceptors (Lipinski definition) is 4. The monoisotopic (exact) mass is 794 g/mol. The third-order valence-electron chi connectivity index (χ3n) is 12.2. The van der Waals surface area contributed by atoms with E-state index in [0.29, 0.717) is 17.5 Å². The van der Waals surface area contributed by atoms with Crippen molar-refractivity contribution in [2.45, 2.75) is 12.3 Å². The number of aromatic nitrogens is 4. The largest absolute Gasteiger partial charge is 0.455 e. The van der Waals surface area contributed by atoms with Gasteiger partial charge in [0.15, 0.2) is 17.5 Å². The fourth-order valence-electron chi connectivity index (χ4n) is 9.32. The van der Waals surface area contributed by atoms with Crippen molar-refractivity contribution >= 4 is 44.4 Å². The van der Waals surface area contributed by atoms with Crippen molar-refractivity contribution in [3.63, 3.8) is 0 Å². The Hall–Kier alpha value is -8.15. The lowest BCUT2D eigenvalue weighted by atomic mass is 9.84. The maximum atomic E-state index is 7.26. The highest BCUT2D eigenvalue weighted by Gasteiger charge is 2.26. The van der Waals surface area contributed by atoms with Gasteiger partial charge in [0.2, 0.25) is 0 Å². The average Bonchev–Trinajstić information content (AvgIpc) is 3.91. The molecule has 62 heavy (non-hydrogen) atoms. The van der Waals surface area contributed by atoms with Crippen LogP contribution in [0.1, 0.15) is 23.5 Å². The summed E-state index contributed by atoms with van der Waals surface area (Å²) < 4.78 is 9.63. The van der Waals surface area contributed by atoms with Crippen molar-refractivity contribution in [1.82, 2.24) is 19.5 Å². The highest BCUT2D eigenvalue weighted by atomic mass is 16.3. The SMILES string of the molecule is C1=c2c(oc3c(-c4ccccc4)ccc(-c4nc(-c5ccccc5)nc(-c5ccccc5)n4)c23)=C(c2ccccc2)CC1c1ccc2c(c1)c1ccccc1n2-c1ccccc1. The van der Waals surface area contributed by atoms with Crippen LogP contribution >= 0.6 is 0 Å². The first-order valence-corrected chi connectivity index (χ1v) is 21.1. The topological polar surface area (TPSA) is 56.7 Å². The van der Waals surface area contributed by atoms with Crippen molar-refractivity contribution in [3.8, 4) is 51.0 Å². The van der Waals surface area contributed by atoms with Gasteiger partial charge < -0.3 is 8.98 Å². The third-order valence-corrected chi connectivity index (χ3v) is 12.2. The quantitative estimate of drug-likeness (QED) is 0.161. The minimum atomic E-state index is 0.0492. The molecule has 0 bridgehead atoms. The highest BCUT2D eigenvalue weighted by molar-refractivity contribution is 6.09. The third kappa shape index (κ3) is 6.05. The Balaban J connectivity index is 1.15. The lowest BCUT2D eigenvalue weighted by Gasteiger charge is -2.19. The molecule has 0 spiro atoms. The summed E-state index contributed by atoms with van der Waals surface area (Å²) in [6.07, 6.45) is 3.21. The first-order chi connectivity index (χ1) is 30.7. The normalized spacial score (nSPS) is 13.7. The Kier molecular flexibility index (Phi) is 8.56. The number of para-hydroxylation sites is 2. The van der Waals surface area contributed by atoms with Crippen LogP contribution in [0, 0.1) is 0 Å². The number of nitrogens with zero attached hydrogens (tertiary/aromatic N) is 4. The molecule has 292 valence electrons. The van der Waals surface area contributed by atoms with Gasteiger partial charge in [-0.15, -0.1) is 0 Å². The van der Waals surface area contributed by atoms with E-state index in [4.69, 9.17) is 19.4 Å². The molecule has 3 aromatic heterocycles. The van der Waals surface area contributed by atoms with Crippen LogP contribution in [-0.2, 0) is 0 Å². The van der Waals surface area contributed by atoms with Crippen LogP contribution in [0.15, 0.2) is 211 Å². The molecule has 0 amide bonds. The number of hydrogen-bond donors (Lipinski definition) is 0. The van der Waals surface area contributed by atoms with Gasteiger partial charge in [0.05, 0.1) is 11.0 Å². The Labute approximate surface area is 358 Å². The first kappa shape index (κ1) is 35.8. The fourth-order valence-corrected chi connectivity index (χ4v) is 9.32. The molecular weight excluding hydrogens is 757 g/mol. The van der Waals surface area contributed by atoms with Crippen LogP contribution in [0.2, 0.25) is 0 Å². The first-order valence-electron chi connectivity index (χ1n) is 21.1. The summed E-state index contributed by atoms with van der Waals surface area (Å²) in [5, 5.41) is 4.51. The van der Waals surface area contributed by atoms with Gasteiger partial charge in [-0.25, -0.2) is 15.0 Å². The van der Waals surface area contributed by atoms with E-state index in [1.165, 1.54) is 32.9 Å². The molecule has 1 unspecified atom stereocenters. The molecule has 5 nitrogen and oxygen atoms in total. The van der Waals surface area contributed by atoms with E-state index in [9.17, 15) is 0 Å². The summed E-state index contributed by atoms with van der Waals surface area (Å²) in [4.78, 5) is 15.5. The second-order valence-electron chi connectivity index (χ2n) is 15.9. The van der Waals surface area contributed by atoms with Crippen molar-refractivity contribution in [1.29, 1.82) is 0 Å². The average molecular weight is 795 g/mol. The van der Waals surface area contributed by atoms with Crippen molar-refractivity contribution in [2.75, 3.05) is 0 Å². The van der Waals surface area contributed by atoms with Gasteiger partial charge in [-0.2, -0.15) is 0 Å². The van der Waals surface area contributed by atoms with Gasteiger partial charge in [0.1, 0.15) is 11.0 Å². The number of benzene rings is 8. The molecule has 0 fully saturated rings. The molecule has 5 heteroatoms. The van der Waals surface area contributed by atoms with E-state index in [1.54, 1.807) is 0 Å². The van der Waals surface area contributed by atoms with Crippen LogP contribution in [0.5, 0.6) is 0 Å². The maximum absolute atomic E-state index is 7.26. The summed E-state index contributed by atoms with van der Waals surface area (Å²) in [6, 6.07) is 72.3. The molecule has 0 aliphatic heterocycles. The second kappa shape index (κ2) is 14.8. The highest BCUT2D eigenvalue weighted by Crippen LogP contribution is 2.40. The van der Waals surface area contributed by atoms with Crippen molar-refractivity contribution < 1.29 is 4.42 Å². The van der Waals surface area contributed by atoms with Crippen LogP contribution in [0.3, 0.4) is 0 Å². The predicted molar refractivity (Wildman–Crippen MR) is 252 cm³/mol. The second-order valence-corrected chi connectivity index (χ2v) is 15.9. The molecule has 1 atom stereocenters. The maximum Gasteiger partial charge on any atom is 0.164 e. The standard InChI is InChI=1S/C57H38N4O/c1-6-18-37(19-7-1)44-31-32-46(57-59-55(39-22-10-3-11-23-39)58-56(60-57)40-24-12-4-13-25-40)52-49-36-42(35-47(53(49)62-54(44)52)38-20-8-2-9-21-38)41-30-33-51-48(34-41)45-28-16-17-29-50(45)61(51)43-26-14-5-15-27-43/h1-34,36,42H,35H2. The zero-order valence-electron chi connectivity index (χ0n) is 33.7. The van der Waals surface area contributed by atoms with E-state index in [0.717, 1.165) is 67.1 Å². The molecule has 0 radical (unpaired) electrons. The molecule has 11 aromatic rings. The van der Waals surface area contributed by atoms with Crippen molar-refractivity contribution in [2.24, 2.45) is 0 Å². The Morgan fingerprint density at radius 2 is 0.984 bits per heavy atom. The Bertz CT molecular complexity index is 3520. The zero-order chi connectivity index (χ0) is 41.0. The summed E-state index contributed by atoms with van der Waals surface area (Å²) in [6.45, 7) is 0. The van der Waals surface area contributed by atoms with Gasteiger partial charge in [-0.1, -0.05) is 170 Å². The van der Waals surface area contributed by atoms with Crippen LogP contribution in [-0.4, -0.2) is 19.5 Å². The Morgan fingerprint density at radius 1 is 0.452 bits per heavy atom. The lowest BCUT2D eigenvalue weighted by Crippen LogP contribution is -2.29. The van der Waals surface area contributed by atoms with Crippen LogP contribution in [0.4, 0.5) is 0 Å². The smallest absolute Gasteiger partial charge is 0.164 e. The van der Waals surface area contributed by atoms with Gasteiger partial charge in [-0.3, -0.25) is 0 Å². The minimum Gasteiger partial charge on any atom is -0.455 e. The predicted octanol–water partition coefficient (Wildman–Crippen LogP) is 12.5. The van der Waals surface area contributed by atoms with E-state index in [-0.39, 0.29) is 5.92 Å². The molecule has 0 saturated heterocycles. The zero-order valence-corrected chi connectivity index (χ0v) is 33.7. The molecular formula is C57H38N4O. The Morgan fingerprint density at radius 3 is 1.65 bits per heavy atom. The van der Waals surface area contributed by atoms with E-state index in [2.05, 4.69) is 181 Å². The van der Waals surface area contributed by atoms with E-state index < -0.39 is 0 Å². The minimum absolute atomic E-state index is 0.0492. The van der Waals surface area contributed by atoms with Gasteiger partial charge in [-0.05, 0) is 65.6 Å². The fraction of sp³-hybridized carbons (Fsp3) is 0.0351. The summed E-state index contributed by atoms with van der Waals surface area (Å²) in [5.41, 5.74) is 13.6. The lowest BCUT2D eigenvalue weighted by molar-refractivity contribution is 0.567.